The largest absolute Gasteiger partial charge is 0.496 e. The first-order valence-corrected chi connectivity index (χ1v) is 6.41. The molecule has 0 aliphatic carbocycles. The summed E-state index contributed by atoms with van der Waals surface area (Å²) in [7, 11) is 3.08. The van der Waals surface area contributed by atoms with Crippen molar-refractivity contribution in [1.82, 2.24) is 0 Å². The van der Waals surface area contributed by atoms with E-state index < -0.39 is 11.4 Å². The molecule has 0 aromatic heterocycles. The Morgan fingerprint density at radius 1 is 1.20 bits per heavy atom. The van der Waals surface area contributed by atoms with Crippen LogP contribution in [0.1, 0.15) is 32.8 Å². The first-order chi connectivity index (χ1) is 9.35. The zero-order valence-electron chi connectivity index (χ0n) is 12.6. The van der Waals surface area contributed by atoms with Gasteiger partial charge in [0.1, 0.15) is 17.2 Å². The van der Waals surface area contributed by atoms with Crippen molar-refractivity contribution in [3.8, 4) is 17.2 Å². The fourth-order valence-corrected chi connectivity index (χ4v) is 2.15. The van der Waals surface area contributed by atoms with Crippen LogP contribution in [0.3, 0.4) is 0 Å². The predicted octanol–water partition coefficient (Wildman–Crippen LogP) is 2.29. The number of aliphatic hydroxyl groups excluding tert-OH is 1. The molecular formula is C15H22O5. The first-order valence-electron chi connectivity index (χ1n) is 6.41. The maximum atomic E-state index is 11.3. The SMILES string of the molecule is COc1cc(OC)c(C(C)(C)CCO)c(OC(C)=O)c1. The molecule has 0 aliphatic rings. The molecule has 1 rings (SSSR count). The summed E-state index contributed by atoms with van der Waals surface area (Å²) in [6.07, 6.45) is 0.518. The van der Waals surface area contributed by atoms with E-state index in [2.05, 4.69) is 0 Å². The summed E-state index contributed by atoms with van der Waals surface area (Å²) in [4.78, 5) is 11.3. The van der Waals surface area contributed by atoms with E-state index in [1.807, 2.05) is 13.8 Å². The van der Waals surface area contributed by atoms with Gasteiger partial charge in [-0.2, -0.15) is 0 Å². The molecule has 1 N–H and O–H groups in total. The number of ether oxygens (including phenoxy) is 3. The molecular weight excluding hydrogens is 260 g/mol. The third-order valence-corrected chi connectivity index (χ3v) is 3.16. The quantitative estimate of drug-likeness (QED) is 0.640. The predicted molar refractivity (Wildman–Crippen MR) is 75.6 cm³/mol. The van der Waals surface area contributed by atoms with Gasteiger partial charge in [0.2, 0.25) is 0 Å². The average molecular weight is 282 g/mol. The summed E-state index contributed by atoms with van der Waals surface area (Å²) < 4.78 is 15.9. The second kappa shape index (κ2) is 6.61. The van der Waals surface area contributed by atoms with Gasteiger partial charge in [0.05, 0.1) is 14.2 Å². The fraction of sp³-hybridized carbons (Fsp3) is 0.533. The minimum absolute atomic E-state index is 0.0295. The van der Waals surface area contributed by atoms with Gasteiger partial charge in [-0.05, 0) is 11.8 Å². The molecule has 5 nitrogen and oxygen atoms in total. The minimum atomic E-state index is -0.415. The highest BCUT2D eigenvalue weighted by Crippen LogP contribution is 2.43. The van der Waals surface area contributed by atoms with Crippen LogP contribution in [-0.4, -0.2) is 31.9 Å². The molecule has 112 valence electrons. The van der Waals surface area contributed by atoms with Gasteiger partial charge in [-0.15, -0.1) is 0 Å². The average Bonchev–Trinajstić information content (AvgIpc) is 2.36. The summed E-state index contributed by atoms with van der Waals surface area (Å²) in [6, 6.07) is 3.39. The second-order valence-electron chi connectivity index (χ2n) is 5.15. The van der Waals surface area contributed by atoms with Crippen molar-refractivity contribution >= 4 is 5.97 Å². The lowest BCUT2D eigenvalue weighted by molar-refractivity contribution is -0.131. The van der Waals surface area contributed by atoms with Crippen LogP contribution < -0.4 is 14.2 Å². The molecule has 20 heavy (non-hydrogen) atoms. The van der Waals surface area contributed by atoms with Crippen LogP contribution in [-0.2, 0) is 10.2 Å². The molecule has 0 bridgehead atoms. The molecule has 0 unspecified atom stereocenters. The van der Waals surface area contributed by atoms with E-state index in [9.17, 15) is 9.90 Å². The number of esters is 1. The van der Waals surface area contributed by atoms with Gasteiger partial charge >= 0.3 is 5.97 Å². The molecule has 1 aromatic rings. The zero-order valence-corrected chi connectivity index (χ0v) is 12.6. The zero-order chi connectivity index (χ0) is 15.3. The van der Waals surface area contributed by atoms with Gasteiger partial charge in [-0.25, -0.2) is 0 Å². The van der Waals surface area contributed by atoms with Crippen molar-refractivity contribution in [3.63, 3.8) is 0 Å². The Balaban J connectivity index is 3.47. The molecule has 0 heterocycles. The molecule has 0 radical (unpaired) electrons. The van der Waals surface area contributed by atoms with Crippen LogP contribution in [0.5, 0.6) is 17.2 Å². The Kier molecular flexibility index (Phi) is 5.39. The molecule has 0 atom stereocenters. The lowest BCUT2D eigenvalue weighted by Crippen LogP contribution is -2.22. The molecule has 5 heteroatoms. The standard InChI is InChI=1S/C15H22O5/c1-10(17)20-13-9-11(18-4)8-12(19-5)14(13)15(2,3)6-7-16/h8-9,16H,6-7H2,1-5H3. The van der Waals surface area contributed by atoms with E-state index in [0.29, 0.717) is 23.7 Å². The number of hydrogen-bond donors (Lipinski definition) is 1. The summed E-state index contributed by atoms with van der Waals surface area (Å²) in [5, 5.41) is 9.23. The van der Waals surface area contributed by atoms with Crippen LogP contribution in [0.2, 0.25) is 0 Å². The van der Waals surface area contributed by atoms with Gasteiger partial charge in [-0.1, -0.05) is 13.8 Å². The number of hydrogen-bond acceptors (Lipinski definition) is 5. The van der Waals surface area contributed by atoms with Crippen LogP contribution in [0.4, 0.5) is 0 Å². The minimum Gasteiger partial charge on any atom is -0.496 e. The van der Waals surface area contributed by atoms with Gasteiger partial charge in [0.25, 0.3) is 0 Å². The van der Waals surface area contributed by atoms with Crippen molar-refractivity contribution < 1.29 is 24.1 Å². The van der Waals surface area contributed by atoms with Crippen LogP contribution in [0, 0.1) is 0 Å². The highest BCUT2D eigenvalue weighted by molar-refractivity contribution is 5.71. The summed E-state index contributed by atoms with van der Waals surface area (Å²) in [5.41, 5.74) is 0.335. The first kappa shape index (κ1) is 16.3. The van der Waals surface area contributed by atoms with Gasteiger partial charge < -0.3 is 19.3 Å². The summed E-state index contributed by atoms with van der Waals surface area (Å²) in [5.74, 6) is 1.09. The van der Waals surface area contributed by atoms with E-state index >= 15 is 0 Å². The maximum Gasteiger partial charge on any atom is 0.308 e. The van der Waals surface area contributed by atoms with E-state index in [1.165, 1.54) is 14.0 Å². The molecule has 0 saturated heterocycles. The Bertz CT molecular complexity index is 479. The van der Waals surface area contributed by atoms with E-state index in [0.717, 1.165) is 5.56 Å². The molecule has 0 spiro atoms. The van der Waals surface area contributed by atoms with Crippen molar-refractivity contribution in [2.45, 2.75) is 32.6 Å². The van der Waals surface area contributed by atoms with Crippen molar-refractivity contribution in [2.75, 3.05) is 20.8 Å². The molecule has 1 aromatic carbocycles. The van der Waals surface area contributed by atoms with E-state index in [1.54, 1.807) is 19.2 Å². The topological polar surface area (TPSA) is 65.0 Å². The number of benzene rings is 1. The number of aliphatic hydroxyl groups is 1. The second-order valence-corrected chi connectivity index (χ2v) is 5.15. The Morgan fingerprint density at radius 2 is 1.80 bits per heavy atom. The lowest BCUT2D eigenvalue weighted by Gasteiger charge is -2.28. The lowest BCUT2D eigenvalue weighted by atomic mass is 9.80. The van der Waals surface area contributed by atoms with E-state index in [4.69, 9.17) is 14.2 Å². The smallest absolute Gasteiger partial charge is 0.308 e. The molecule has 0 aliphatic heterocycles. The van der Waals surface area contributed by atoms with Crippen molar-refractivity contribution in [1.29, 1.82) is 0 Å². The van der Waals surface area contributed by atoms with Crippen LogP contribution in [0.15, 0.2) is 12.1 Å². The third-order valence-electron chi connectivity index (χ3n) is 3.16. The Labute approximate surface area is 119 Å². The normalized spacial score (nSPS) is 11.1. The van der Waals surface area contributed by atoms with Gasteiger partial charge in [-0.3, -0.25) is 4.79 Å². The molecule has 0 amide bonds. The van der Waals surface area contributed by atoms with Gasteiger partial charge in [0.15, 0.2) is 0 Å². The fourth-order valence-electron chi connectivity index (χ4n) is 2.15. The number of carbonyl (C=O) groups excluding carboxylic acids is 1. The van der Waals surface area contributed by atoms with E-state index in [-0.39, 0.29) is 6.61 Å². The number of rotatable bonds is 6. The monoisotopic (exact) mass is 282 g/mol. The Morgan fingerprint density at radius 3 is 2.25 bits per heavy atom. The maximum absolute atomic E-state index is 11.3. The third kappa shape index (κ3) is 3.63. The number of methoxy groups -OCH3 is 2. The molecule has 0 saturated carbocycles. The highest BCUT2D eigenvalue weighted by Gasteiger charge is 2.29. The summed E-state index contributed by atoms with van der Waals surface area (Å²) >= 11 is 0. The van der Waals surface area contributed by atoms with Crippen molar-refractivity contribution in [2.24, 2.45) is 0 Å². The molecule has 0 fully saturated rings. The van der Waals surface area contributed by atoms with Crippen LogP contribution in [0.25, 0.3) is 0 Å². The Hall–Kier alpha value is -1.75. The highest BCUT2D eigenvalue weighted by atomic mass is 16.5. The van der Waals surface area contributed by atoms with Gasteiger partial charge in [0, 0.05) is 31.2 Å². The van der Waals surface area contributed by atoms with Crippen molar-refractivity contribution in [3.05, 3.63) is 17.7 Å². The number of carbonyl (C=O) groups is 1. The summed E-state index contributed by atoms with van der Waals surface area (Å²) in [6.45, 7) is 5.29. The van der Waals surface area contributed by atoms with Crippen LogP contribution >= 0.6 is 0 Å².